The highest BCUT2D eigenvalue weighted by Gasteiger charge is 2.06. The molecule has 0 atom stereocenters. The average Bonchev–Trinajstić information content (AvgIpc) is 2.35. The number of nitrogens with zero attached hydrogens (tertiary/aromatic N) is 1. The van der Waals surface area contributed by atoms with E-state index in [9.17, 15) is 0 Å². The third-order valence-electron chi connectivity index (χ3n) is 2.72. The van der Waals surface area contributed by atoms with Gasteiger partial charge in [0.25, 0.3) is 0 Å². The Morgan fingerprint density at radius 3 is 3.19 bits per heavy atom. The first kappa shape index (κ1) is 10.9. The quantitative estimate of drug-likeness (QED) is 0.667. The number of fused-ring (bicyclic) bond motifs is 1. The number of aliphatic imine (C=N–C) groups is 1. The van der Waals surface area contributed by atoms with Crippen LogP contribution in [0.5, 0.6) is 0 Å². The van der Waals surface area contributed by atoms with Crippen LogP contribution >= 0.6 is 0 Å². The molecule has 0 unspecified atom stereocenters. The lowest BCUT2D eigenvalue weighted by Crippen LogP contribution is -1.95. The van der Waals surface area contributed by atoms with Crippen LogP contribution in [-0.2, 0) is 6.42 Å². The zero-order valence-corrected chi connectivity index (χ0v) is 9.69. The van der Waals surface area contributed by atoms with Gasteiger partial charge < -0.3 is 0 Å². The van der Waals surface area contributed by atoms with Crippen LogP contribution in [-0.4, -0.2) is 6.21 Å². The topological polar surface area (TPSA) is 12.4 Å². The molecule has 1 aromatic rings. The Bertz CT molecular complexity index is 439. The normalized spacial score (nSPS) is 14.8. The Balaban J connectivity index is 2.25. The van der Waals surface area contributed by atoms with Crippen molar-refractivity contribution in [1.29, 1.82) is 0 Å². The molecule has 0 radical (unpaired) electrons. The van der Waals surface area contributed by atoms with Crippen molar-refractivity contribution >= 4 is 18.4 Å². The minimum Gasteiger partial charge on any atom is -0.269 e. The fourth-order valence-corrected chi connectivity index (χ4v) is 1.93. The first-order chi connectivity index (χ1) is 7.92. The number of hydrogen-bond donors (Lipinski definition) is 0. The van der Waals surface area contributed by atoms with E-state index in [0.29, 0.717) is 0 Å². The Labute approximate surface area is 97.2 Å². The minimum absolute atomic E-state index is 0.983. The molecule has 0 bridgehead atoms. The van der Waals surface area contributed by atoms with Gasteiger partial charge >= 0.3 is 0 Å². The van der Waals surface area contributed by atoms with E-state index in [0.717, 1.165) is 19.3 Å². The molecule has 1 nitrogen and oxygen atoms in total. The van der Waals surface area contributed by atoms with E-state index >= 15 is 0 Å². The number of allylic oxidation sites excluding steroid dienone is 1. The molecule has 2 rings (SSSR count). The summed E-state index contributed by atoms with van der Waals surface area (Å²) in [6, 6.07) is 6.49. The van der Waals surface area contributed by atoms with Gasteiger partial charge in [-0.1, -0.05) is 37.3 Å². The molecule has 0 aliphatic heterocycles. The Morgan fingerprint density at radius 2 is 2.31 bits per heavy atom. The number of benzene rings is 1. The van der Waals surface area contributed by atoms with Crippen LogP contribution in [0, 0.1) is 0 Å². The number of aryl methyl sites for hydroxylation is 1. The zero-order chi connectivity index (χ0) is 11.2. The first-order valence-electron chi connectivity index (χ1n) is 5.88. The fourth-order valence-electron chi connectivity index (χ4n) is 1.93. The van der Waals surface area contributed by atoms with Crippen LogP contribution in [0.2, 0.25) is 0 Å². The monoisotopic (exact) mass is 211 g/mol. The summed E-state index contributed by atoms with van der Waals surface area (Å²) < 4.78 is 0. The SMILES string of the molecule is CCC=N/C=C\c1cccc2c1C=CCC2. The molecule has 0 aromatic heterocycles. The highest BCUT2D eigenvalue weighted by atomic mass is 14.7. The van der Waals surface area contributed by atoms with E-state index in [1.165, 1.54) is 16.7 Å². The number of hydrogen-bond acceptors (Lipinski definition) is 1. The molecule has 0 heterocycles. The molecular formula is C15H17N. The maximum Gasteiger partial charge on any atom is 0.0270 e. The standard InChI is InChI=1S/C15H17N/c1-2-11-16-12-10-14-8-5-7-13-6-3-4-9-15(13)14/h4-5,7-12H,2-3,6H2,1H3/b12-10-,16-11?. The Kier molecular flexibility index (Phi) is 3.71. The van der Waals surface area contributed by atoms with Gasteiger partial charge in [-0.05, 0) is 42.0 Å². The second kappa shape index (κ2) is 5.45. The van der Waals surface area contributed by atoms with Gasteiger partial charge in [0.05, 0.1) is 0 Å². The van der Waals surface area contributed by atoms with E-state index < -0.39 is 0 Å². The van der Waals surface area contributed by atoms with Crippen LogP contribution in [0.1, 0.15) is 36.5 Å². The van der Waals surface area contributed by atoms with Gasteiger partial charge in [-0.3, -0.25) is 4.99 Å². The van der Waals surface area contributed by atoms with Crippen molar-refractivity contribution in [3.05, 3.63) is 47.2 Å². The summed E-state index contributed by atoms with van der Waals surface area (Å²) in [5.74, 6) is 0. The third kappa shape index (κ3) is 2.48. The predicted molar refractivity (Wildman–Crippen MR) is 71.6 cm³/mol. The number of rotatable bonds is 3. The van der Waals surface area contributed by atoms with Gasteiger partial charge in [-0.25, -0.2) is 0 Å². The van der Waals surface area contributed by atoms with Crippen molar-refractivity contribution in [1.82, 2.24) is 0 Å². The minimum atomic E-state index is 0.983. The van der Waals surface area contributed by atoms with Gasteiger partial charge in [-0.2, -0.15) is 0 Å². The van der Waals surface area contributed by atoms with Crippen molar-refractivity contribution < 1.29 is 0 Å². The van der Waals surface area contributed by atoms with E-state index in [1.54, 1.807) is 0 Å². The molecule has 1 aromatic carbocycles. The van der Waals surface area contributed by atoms with Crippen molar-refractivity contribution in [3.8, 4) is 0 Å². The molecular weight excluding hydrogens is 194 g/mol. The van der Waals surface area contributed by atoms with E-state index in [1.807, 2.05) is 12.4 Å². The lowest BCUT2D eigenvalue weighted by atomic mass is 9.93. The summed E-state index contributed by atoms with van der Waals surface area (Å²) in [5, 5.41) is 0. The molecule has 0 saturated heterocycles. The zero-order valence-electron chi connectivity index (χ0n) is 9.69. The summed E-state index contributed by atoms with van der Waals surface area (Å²) in [4.78, 5) is 4.20. The van der Waals surface area contributed by atoms with Crippen LogP contribution in [0.15, 0.2) is 35.5 Å². The molecule has 16 heavy (non-hydrogen) atoms. The second-order valence-corrected chi connectivity index (χ2v) is 3.92. The molecule has 0 amide bonds. The van der Waals surface area contributed by atoms with E-state index in [4.69, 9.17) is 0 Å². The first-order valence-corrected chi connectivity index (χ1v) is 5.88. The molecule has 1 aliphatic carbocycles. The lowest BCUT2D eigenvalue weighted by molar-refractivity contribution is 0.984. The van der Waals surface area contributed by atoms with Crippen LogP contribution < -0.4 is 0 Å². The van der Waals surface area contributed by atoms with E-state index in [-0.39, 0.29) is 0 Å². The molecule has 0 spiro atoms. The molecule has 82 valence electrons. The Hall–Kier alpha value is -1.63. The lowest BCUT2D eigenvalue weighted by Gasteiger charge is -2.12. The van der Waals surface area contributed by atoms with Gasteiger partial charge in [0.1, 0.15) is 0 Å². The summed E-state index contributed by atoms with van der Waals surface area (Å²) in [6.45, 7) is 2.09. The maximum atomic E-state index is 4.20. The Morgan fingerprint density at radius 1 is 1.38 bits per heavy atom. The highest BCUT2D eigenvalue weighted by Crippen LogP contribution is 2.23. The van der Waals surface area contributed by atoms with Crippen LogP contribution in [0.3, 0.4) is 0 Å². The van der Waals surface area contributed by atoms with Gasteiger partial charge in [0.15, 0.2) is 0 Å². The van der Waals surface area contributed by atoms with Gasteiger partial charge in [-0.15, -0.1) is 0 Å². The molecule has 0 fully saturated rings. The van der Waals surface area contributed by atoms with Crippen molar-refractivity contribution in [3.63, 3.8) is 0 Å². The molecule has 1 heteroatoms. The maximum absolute atomic E-state index is 4.20. The van der Waals surface area contributed by atoms with Crippen LogP contribution in [0.4, 0.5) is 0 Å². The summed E-state index contributed by atoms with van der Waals surface area (Å²) in [7, 11) is 0. The molecule has 0 saturated carbocycles. The largest absolute Gasteiger partial charge is 0.269 e. The predicted octanol–water partition coefficient (Wildman–Crippen LogP) is 4.10. The summed E-state index contributed by atoms with van der Waals surface area (Å²) in [5.41, 5.74) is 4.07. The summed E-state index contributed by atoms with van der Waals surface area (Å²) >= 11 is 0. The van der Waals surface area contributed by atoms with Gasteiger partial charge in [0, 0.05) is 12.4 Å². The smallest absolute Gasteiger partial charge is 0.0270 e. The van der Waals surface area contributed by atoms with Gasteiger partial charge in [0.2, 0.25) is 0 Å². The average molecular weight is 211 g/mol. The van der Waals surface area contributed by atoms with Crippen molar-refractivity contribution in [2.24, 2.45) is 4.99 Å². The highest BCUT2D eigenvalue weighted by molar-refractivity contribution is 5.69. The van der Waals surface area contributed by atoms with E-state index in [2.05, 4.69) is 48.3 Å². The molecule has 1 aliphatic rings. The van der Waals surface area contributed by atoms with Crippen molar-refractivity contribution in [2.75, 3.05) is 0 Å². The fraction of sp³-hybridized carbons (Fsp3) is 0.267. The summed E-state index contributed by atoms with van der Waals surface area (Å²) in [6.07, 6.45) is 13.7. The molecule has 0 N–H and O–H groups in total. The second-order valence-electron chi connectivity index (χ2n) is 3.92. The third-order valence-corrected chi connectivity index (χ3v) is 2.72. The van der Waals surface area contributed by atoms with Crippen LogP contribution in [0.25, 0.3) is 12.2 Å². The van der Waals surface area contributed by atoms with Crippen molar-refractivity contribution in [2.45, 2.75) is 26.2 Å².